The van der Waals surface area contributed by atoms with Crippen LogP contribution in [0.3, 0.4) is 0 Å². The quantitative estimate of drug-likeness (QED) is 0.596. The van der Waals surface area contributed by atoms with E-state index in [4.69, 9.17) is 10.8 Å². The summed E-state index contributed by atoms with van der Waals surface area (Å²) in [6, 6.07) is -0.812. The molecule has 0 radical (unpaired) electrons. The molecular formula is C11H22N2O3. The van der Waals surface area contributed by atoms with E-state index < -0.39 is 12.0 Å². The molecule has 16 heavy (non-hydrogen) atoms. The summed E-state index contributed by atoms with van der Waals surface area (Å²) in [7, 11) is 0. The molecule has 4 N–H and O–H groups in total. The third-order valence-electron chi connectivity index (χ3n) is 2.52. The van der Waals surface area contributed by atoms with Crippen LogP contribution in [-0.4, -0.2) is 29.6 Å². The van der Waals surface area contributed by atoms with Gasteiger partial charge < -0.3 is 16.2 Å². The van der Waals surface area contributed by atoms with Crippen LogP contribution >= 0.6 is 0 Å². The fourth-order valence-corrected chi connectivity index (χ4v) is 1.36. The molecule has 0 aromatic rings. The summed E-state index contributed by atoms with van der Waals surface area (Å²) in [6.45, 7) is 5.86. The number of aliphatic carboxylic acids is 1. The van der Waals surface area contributed by atoms with Gasteiger partial charge in [-0.3, -0.25) is 4.79 Å². The SMILES string of the molecule is CC(CCCN)C(=O)NC(C(=O)O)C(C)C. The van der Waals surface area contributed by atoms with E-state index in [0.29, 0.717) is 13.0 Å². The molecule has 5 heteroatoms. The third kappa shape index (κ3) is 5.11. The average Bonchev–Trinajstić information content (AvgIpc) is 2.20. The molecule has 0 saturated carbocycles. The number of rotatable bonds is 7. The van der Waals surface area contributed by atoms with Crippen LogP contribution in [-0.2, 0) is 9.59 Å². The summed E-state index contributed by atoms with van der Waals surface area (Å²) in [6.07, 6.45) is 1.46. The van der Waals surface area contributed by atoms with E-state index in [-0.39, 0.29) is 17.7 Å². The van der Waals surface area contributed by atoms with Crippen molar-refractivity contribution in [2.45, 2.75) is 39.7 Å². The summed E-state index contributed by atoms with van der Waals surface area (Å²) < 4.78 is 0. The summed E-state index contributed by atoms with van der Waals surface area (Å²) in [4.78, 5) is 22.5. The Morgan fingerprint density at radius 3 is 2.25 bits per heavy atom. The highest BCUT2D eigenvalue weighted by Crippen LogP contribution is 2.08. The molecule has 2 unspecified atom stereocenters. The monoisotopic (exact) mass is 230 g/mol. The fourth-order valence-electron chi connectivity index (χ4n) is 1.36. The van der Waals surface area contributed by atoms with E-state index in [1.54, 1.807) is 20.8 Å². The van der Waals surface area contributed by atoms with Crippen molar-refractivity contribution in [3.8, 4) is 0 Å². The Morgan fingerprint density at radius 1 is 1.31 bits per heavy atom. The lowest BCUT2D eigenvalue weighted by atomic mass is 10.0. The van der Waals surface area contributed by atoms with Gasteiger partial charge in [-0.25, -0.2) is 4.79 Å². The lowest BCUT2D eigenvalue weighted by Gasteiger charge is -2.20. The minimum atomic E-state index is -0.991. The van der Waals surface area contributed by atoms with E-state index >= 15 is 0 Å². The molecule has 2 atom stereocenters. The molecule has 0 aliphatic rings. The van der Waals surface area contributed by atoms with E-state index in [0.717, 1.165) is 6.42 Å². The number of nitrogens with two attached hydrogens (primary N) is 1. The van der Waals surface area contributed by atoms with E-state index in [1.807, 2.05) is 0 Å². The summed E-state index contributed by atoms with van der Waals surface area (Å²) in [5.41, 5.74) is 5.35. The molecule has 0 rings (SSSR count). The van der Waals surface area contributed by atoms with Crippen molar-refractivity contribution < 1.29 is 14.7 Å². The van der Waals surface area contributed by atoms with Crippen LogP contribution in [0.2, 0.25) is 0 Å². The second-order valence-corrected chi connectivity index (χ2v) is 4.40. The number of carbonyl (C=O) groups is 2. The van der Waals surface area contributed by atoms with Crippen LogP contribution in [0, 0.1) is 11.8 Å². The topological polar surface area (TPSA) is 92.4 Å². The number of amides is 1. The maximum absolute atomic E-state index is 11.7. The molecule has 0 aromatic heterocycles. The van der Waals surface area contributed by atoms with Crippen LogP contribution in [0.25, 0.3) is 0 Å². The van der Waals surface area contributed by atoms with Gasteiger partial charge in [-0.1, -0.05) is 20.8 Å². The van der Waals surface area contributed by atoms with Crippen molar-refractivity contribution in [1.82, 2.24) is 5.32 Å². The van der Waals surface area contributed by atoms with Crippen molar-refractivity contribution in [3.63, 3.8) is 0 Å². The second kappa shape index (κ2) is 7.22. The van der Waals surface area contributed by atoms with Crippen LogP contribution < -0.4 is 11.1 Å². The van der Waals surface area contributed by atoms with Crippen molar-refractivity contribution in [3.05, 3.63) is 0 Å². The lowest BCUT2D eigenvalue weighted by Crippen LogP contribution is -2.46. The Hall–Kier alpha value is -1.10. The molecule has 5 nitrogen and oxygen atoms in total. The molecular weight excluding hydrogens is 208 g/mol. The molecule has 0 aromatic carbocycles. The maximum atomic E-state index is 11.7. The first-order valence-electron chi connectivity index (χ1n) is 5.63. The first-order valence-corrected chi connectivity index (χ1v) is 5.63. The Morgan fingerprint density at radius 2 is 1.88 bits per heavy atom. The predicted octanol–water partition coefficient (Wildman–Crippen LogP) is 0.587. The number of carbonyl (C=O) groups excluding carboxylic acids is 1. The van der Waals surface area contributed by atoms with E-state index in [1.165, 1.54) is 0 Å². The van der Waals surface area contributed by atoms with E-state index in [2.05, 4.69) is 5.32 Å². The average molecular weight is 230 g/mol. The van der Waals surface area contributed by atoms with Gasteiger partial charge in [-0.15, -0.1) is 0 Å². The first kappa shape index (κ1) is 14.9. The zero-order chi connectivity index (χ0) is 12.7. The van der Waals surface area contributed by atoms with Gasteiger partial charge in [0, 0.05) is 5.92 Å². The van der Waals surface area contributed by atoms with Gasteiger partial charge in [0.1, 0.15) is 6.04 Å². The van der Waals surface area contributed by atoms with Crippen LogP contribution in [0.4, 0.5) is 0 Å². The van der Waals surface area contributed by atoms with Crippen LogP contribution in [0.5, 0.6) is 0 Å². The summed E-state index contributed by atoms with van der Waals surface area (Å²) in [5, 5.41) is 11.5. The summed E-state index contributed by atoms with van der Waals surface area (Å²) in [5.74, 6) is -1.52. The van der Waals surface area contributed by atoms with Gasteiger partial charge in [0.2, 0.25) is 5.91 Å². The number of nitrogens with one attached hydrogen (secondary N) is 1. The van der Waals surface area contributed by atoms with Gasteiger partial charge in [-0.05, 0) is 25.3 Å². The second-order valence-electron chi connectivity index (χ2n) is 4.40. The fraction of sp³-hybridized carbons (Fsp3) is 0.818. The normalized spacial score (nSPS) is 14.6. The zero-order valence-corrected chi connectivity index (χ0v) is 10.2. The molecule has 0 saturated heterocycles. The van der Waals surface area contributed by atoms with E-state index in [9.17, 15) is 9.59 Å². The molecule has 0 aliphatic heterocycles. The molecule has 0 heterocycles. The molecule has 0 bridgehead atoms. The third-order valence-corrected chi connectivity index (χ3v) is 2.52. The molecule has 0 spiro atoms. The number of hydrogen-bond acceptors (Lipinski definition) is 3. The van der Waals surface area contributed by atoms with Crippen molar-refractivity contribution in [1.29, 1.82) is 0 Å². The van der Waals surface area contributed by atoms with Gasteiger partial charge in [-0.2, -0.15) is 0 Å². The number of hydrogen-bond donors (Lipinski definition) is 3. The Labute approximate surface area is 96.4 Å². The van der Waals surface area contributed by atoms with Gasteiger partial charge in [0.15, 0.2) is 0 Å². The van der Waals surface area contributed by atoms with Crippen molar-refractivity contribution in [2.75, 3.05) is 6.54 Å². The molecule has 94 valence electrons. The van der Waals surface area contributed by atoms with Crippen LogP contribution in [0.15, 0.2) is 0 Å². The largest absolute Gasteiger partial charge is 0.480 e. The minimum absolute atomic E-state index is 0.122. The standard InChI is InChI=1S/C11H22N2O3/c1-7(2)9(11(15)16)13-10(14)8(3)5-4-6-12/h7-9H,4-6,12H2,1-3H3,(H,13,14)(H,15,16). The zero-order valence-electron chi connectivity index (χ0n) is 10.2. The molecule has 0 aliphatic carbocycles. The minimum Gasteiger partial charge on any atom is -0.480 e. The van der Waals surface area contributed by atoms with Gasteiger partial charge in [0.05, 0.1) is 0 Å². The van der Waals surface area contributed by atoms with Crippen molar-refractivity contribution in [2.24, 2.45) is 17.6 Å². The number of carboxylic acids is 1. The maximum Gasteiger partial charge on any atom is 0.326 e. The first-order chi connectivity index (χ1) is 7.40. The smallest absolute Gasteiger partial charge is 0.326 e. The van der Waals surface area contributed by atoms with Crippen molar-refractivity contribution >= 4 is 11.9 Å². The Balaban J connectivity index is 4.24. The Bertz CT molecular complexity index is 241. The molecule has 1 amide bonds. The van der Waals surface area contributed by atoms with Crippen LogP contribution in [0.1, 0.15) is 33.6 Å². The summed E-state index contributed by atoms with van der Waals surface area (Å²) >= 11 is 0. The predicted molar refractivity (Wildman–Crippen MR) is 61.9 cm³/mol. The number of carboxylic acid groups (broad SMARTS) is 1. The highest BCUT2D eigenvalue weighted by molar-refractivity contribution is 5.84. The van der Waals surface area contributed by atoms with Gasteiger partial charge in [0.25, 0.3) is 0 Å². The highest BCUT2D eigenvalue weighted by Gasteiger charge is 2.25. The van der Waals surface area contributed by atoms with Gasteiger partial charge >= 0.3 is 5.97 Å². The lowest BCUT2D eigenvalue weighted by molar-refractivity contribution is -0.143. The highest BCUT2D eigenvalue weighted by atomic mass is 16.4. The Kier molecular flexibility index (Phi) is 6.72. The molecule has 0 fully saturated rings.